The van der Waals surface area contributed by atoms with Gasteiger partial charge in [-0.05, 0) is 18.2 Å². The molecule has 21 heavy (non-hydrogen) atoms. The first-order chi connectivity index (χ1) is 10.2. The van der Waals surface area contributed by atoms with Crippen molar-refractivity contribution < 1.29 is 4.79 Å². The maximum atomic E-state index is 12.3. The number of nitrogens with one attached hydrogen (secondary N) is 2. The molecule has 0 atom stereocenters. The highest BCUT2D eigenvalue weighted by Crippen LogP contribution is 2.32. The third kappa shape index (κ3) is 2.62. The van der Waals surface area contributed by atoms with E-state index in [2.05, 4.69) is 31.4 Å². The fraction of sp³-hybridized carbons (Fsp3) is 0.0667. The first-order valence-corrected chi connectivity index (χ1v) is 7.17. The summed E-state index contributed by atoms with van der Waals surface area (Å²) in [5, 5.41) is 9.72. The number of hydrogen-bond donors (Lipinski definition) is 2. The van der Waals surface area contributed by atoms with Crippen LogP contribution in [-0.4, -0.2) is 20.7 Å². The number of H-pyrrole nitrogens is 1. The van der Waals surface area contributed by atoms with E-state index in [1.54, 1.807) is 16.8 Å². The molecular formula is C15H13BrN4O. The SMILES string of the molecule is Cn1cccc1C(=O)Nc1[nH]ncc1-c1ccccc1Br. The summed E-state index contributed by atoms with van der Waals surface area (Å²) < 4.78 is 2.71. The standard InChI is InChI=1S/C15H13BrN4O/c1-20-8-4-7-13(20)15(21)18-14-11(9-17-19-14)10-5-2-3-6-12(10)16/h2-9H,1H3,(H2,17,18,19,21). The lowest BCUT2D eigenvalue weighted by molar-refractivity contribution is 0.101. The maximum Gasteiger partial charge on any atom is 0.273 e. The van der Waals surface area contributed by atoms with Crippen molar-refractivity contribution in [2.24, 2.45) is 7.05 Å². The fourth-order valence-electron chi connectivity index (χ4n) is 2.14. The van der Waals surface area contributed by atoms with Gasteiger partial charge >= 0.3 is 0 Å². The van der Waals surface area contributed by atoms with Crippen LogP contribution in [0, 0.1) is 0 Å². The Hall–Kier alpha value is -2.34. The van der Waals surface area contributed by atoms with Crippen LogP contribution in [0.15, 0.2) is 53.3 Å². The van der Waals surface area contributed by atoms with Crippen molar-refractivity contribution in [2.45, 2.75) is 0 Å². The molecule has 2 heterocycles. The van der Waals surface area contributed by atoms with Crippen molar-refractivity contribution >= 4 is 27.7 Å². The van der Waals surface area contributed by atoms with Gasteiger partial charge in [0.2, 0.25) is 0 Å². The topological polar surface area (TPSA) is 62.7 Å². The summed E-state index contributed by atoms with van der Waals surface area (Å²) in [5.74, 6) is 0.396. The quantitative estimate of drug-likeness (QED) is 0.764. The van der Waals surface area contributed by atoms with E-state index in [1.165, 1.54) is 0 Å². The molecule has 2 aromatic heterocycles. The minimum Gasteiger partial charge on any atom is -0.347 e. The molecule has 0 radical (unpaired) electrons. The number of rotatable bonds is 3. The summed E-state index contributed by atoms with van der Waals surface area (Å²) in [7, 11) is 1.83. The molecule has 1 amide bonds. The number of hydrogen-bond acceptors (Lipinski definition) is 2. The first-order valence-electron chi connectivity index (χ1n) is 6.38. The van der Waals surface area contributed by atoms with E-state index in [4.69, 9.17) is 0 Å². The number of nitrogens with zero attached hydrogens (tertiary/aromatic N) is 2. The first kappa shape index (κ1) is 13.6. The zero-order valence-electron chi connectivity index (χ0n) is 11.3. The van der Waals surface area contributed by atoms with E-state index >= 15 is 0 Å². The van der Waals surface area contributed by atoms with Gasteiger partial charge in [-0.15, -0.1) is 0 Å². The average Bonchev–Trinajstić information content (AvgIpc) is 3.08. The number of aromatic nitrogens is 3. The Morgan fingerprint density at radius 2 is 2.05 bits per heavy atom. The number of carbonyl (C=O) groups is 1. The monoisotopic (exact) mass is 344 g/mol. The molecule has 0 bridgehead atoms. The van der Waals surface area contributed by atoms with Gasteiger partial charge in [-0.3, -0.25) is 9.89 Å². The summed E-state index contributed by atoms with van der Waals surface area (Å²) in [6, 6.07) is 11.4. The zero-order chi connectivity index (χ0) is 14.8. The Morgan fingerprint density at radius 3 is 2.76 bits per heavy atom. The van der Waals surface area contributed by atoms with Gasteiger partial charge in [-0.1, -0.05) is 34.1 Å². The van der Waals surface area contributed by atoms with Crippen molar-refractivity contribution in [1.29, 1.82) is 0 Å². The van der Waals surface area contributed by atoms with E-state index < -0.39 is 0 Å². The summed E-state index contributed by atoms with van der Waals surface area (Å²) in [5.41, 5.74) is 2.39. The van der Waals surface area contributed by atoms with E-state index in [1.807, 2.05) is 43.6 Å². The average molecular weight is 345 g/mol. The Labute approximate surface area is 130 Å². The molecule has 0 aliphatic rings. The number of halogens is 1. The molecule has 3 rings (SSSR count). The molecule has 5 nitrogen and oxygen atoms in total. The van der Waals surface area contributed by atoms with Gasteiger partial charge in [-0.25, -0.2) is 0 Å². The lowest BCUT2D eigenvalue weighted by Gasteiger charge is -2.08. The molecule has 0 saturated heterocycles. The van der Waals surface area contributed by atoms with Crippen LogP contribution in [0.5, 0.6) is 0 Å². The van der Waals surface area contributed by atoms with Gasteiger partial charge in [-0.2, -0.15) is 5.10 Å². The Bertz CT molecular complexity index is 790. The molecular weight excluding hydrogens is 332 g/mol. The predicted molar refractivity (Wildman–Crippen MR) is 85.1 cm³/mol. The molecule has 0 unspecified atom stereocenters. The van der Waals surface area contributed by atoms with Crippen molar-refractivity contribution in [3.8, 4) is 11.1 Å². The molecule has 1 aromatic carbocycles. The van der Waals surface area contributed by atoms with Crippen molar-refractivity contribution in [3.05, 3.63) is 59.0 Å². The van der Waals surface area contributed by atoms with Gasteiger partial charge in [0, 0.05) is 28.8 Å². The highest BCUT2D eigenvalue weighted by Gasteiger charge is 2.15. The lowest BCUT2D eigenvalue weighted by Crippen LogP contribution is -2.16. The molecule has 0 spiro atoms. The molecule has 2 N–H and O–H groups in total. The third-order valence-corrected chi connectivity index (χ3v) is 3.91. The number of amides is 1. The minimum atomic E-state index is -0.181. The molecule has 0 aliphatic carbocycles. The molecule has 3 aromatic rings. The van der Waals surface area contributed by atoms with Crippen molar-refractivity contribution in [1.82, 2.24) is 14.8 Å². The molecule has 0 aliphatic heterocycles. The highest BCUT2D eigenvalue weighted by molar-refractivity contribution is 9.10. The van der Waals surface area contributed by atoms with Crippen LogP contribution in [0.1, 0.15) is 10.5 Å². The van der Waals surface area contributed by atoms with Crippen LogP contribution >= 0.6 is 15.9 Å². The van der Waals surface area contributed by atoms with Crippen molar-refractivity contribution in [3.63, 3.8) is 0 Å². The second kappa shape index (κ2) is 5.57. The van der Waals surface area contributed by atoms with Crippen LogP contribution in [0.25, 0.3) is 11.1 Å². The Morgan fingerprint density at radius 1 is 1.24 bits per heavy atom. The van der Waals surface area contributed by atoms with E-state index in [9.17, 15) is 4.79 Å². The number of aromatic amines is 1. The fourth-order valence-corrected chi connectivity index (χ4v) is 2.64. The number of aryl methyl sites for hydroxylation is 1. The summed E-state index contributed by atoms with van der Waals surface area (Å²) in [6.07, 6.45) is 3.53. The number of carbonyl (C=O) groups excluding carboxylic acids is 1. The molecule has 0 saturated carbocycles. The largest absolute Gasteiger partial charge is 0.347 e. The molecule has 106 valence electrons. The van der Waals surface area contributed by atoms with Crippen LogP contribution in [0.4, 0.5) is 5.82 Å². The second-order valence-electron chi connectivity index (χ2n) is 4.60. The van der Waals surface area contributed by atoms with E-state index in [0.29, 0.717) is 11.5 Å². The van der Waals surface area contributed by atoms with E-state index in [-0.39, 0.29) is 5.91 Å². The summed E-state index contributed by atoms with van der Waals surface area (Å²) in [6.45, 7) is 0. The Balaban J connectivity index is 1.92. The number of anilines is 1. The van der Waals surface area contributed by atoms with Crippen LogP contribution in [0.3, 0.4) is 0 Å². The van der Waals surface area contributed by atoms with Gasteiger partial charge in [0.15, 0.2) is 0 Å². The molecule has 0 fully saturated rings. The van der Waals surface area contributed by atoms with Crippen LogP contribution < -0.4 is 5.32 Å². The van der Waals surface area contributed by atoms with Gasteiger partial charge in [0.05, 0.1) is 6.20 Å². The summed E-state index contributed by atoms with van der Waals surface area (Å²) in [4.78, 5) is 12.3. The Kier molecular flexibility index (Phi) is 3.62. The number of benzene rings is 1. The van der Waals surface area contributed by atoms with E-state index in [0.717, 1.165) is 15.6 Å². The smallest absolute Gasteiger partial charge is 0.273 e. The van der Waals surface area contributed by atoms with Crippen LogP contribution in [0.2, 0.25) is 0 Å². The highest BCUT2D eigenvalue weighted by atomic mass is 79.9. The van der Waals surface area contributed by atoms with Gasteiger partial charge < -0.3 is 9.88 Å². The maximum absolute atomic E-state index is 12.3. The summed E-state index contributed by atoms with van der Waals surface area (Å²) >= 11 is 3.51. The van der Waals surface area contributed by atoms with Gasteiger partial charge in [0.1, 0.15) is 11.5 Å². The van der Waals surface area contributed by atoms with Crippen LogP contribution in [-0.2, 0) is 7.05 Å². The van der Waals surface area contributed by atoms with Gasteiger partial charge in [0.25, 0.3) is 5.91 Å². The lowest BCUT2D eigenvalue weighted by atomic mass is 10.1. The minimum absolute atomic E-state index is 0.181. The second-order valence-corrected chi connectivity index (χ2v) is 5.45. The normalized spacial score (nSPS) is 10.6. The predicted octanol–water partition coefficient (Wildman–Crippen LogP) is 3.43. The molecule has 6 heteroatoms. The van der Waals surface area contributed by atoms with Crippen molar-refractivity contribution in [2.75, 3.05) is 5.32 Å². The third-order valence-electron chi connectivity index (χ3n) is 3.22. The zero-order valence-corrected chi connectivity index (χ0v) is 12.9.